The number of halogens is 1. The lowest BCUT2D eigenvalue weighted by Gasteiger charge is -2.05. The zero-order valence-electron chi connectivity index (χ0n) is 12.1. The molecular formula is C15H16FN3O2S. The maximum atomic E-state index is 12.8. The van der Waals surface area contributed by atoms with E-state index in [2.05, 4.69) is 15.3 Å². The van der Waals surface area contributed by atoms with E-state index >= 15 is 0 Å². The van der Waals surface area contributed by atoms with E-state index in [0.29, 0.717) is 23.8 Å². The Balaban J connectivity index is 1.84. The van der Waals surface area contributed by atoms with Crippen molar-refractivity contribution < 1.29 is 9.18 Å². The molecule has 0 aliphatic rings. The average Bonchev–Trinajstić information content (AvgIpc) is 2.52. The number of nitrogens with one attached hydrogen (secondary N) is 2. The average molecular weight is 321 g/mol. The van der Waals surface area contributed by atoms with Crippen molar-refractivity contribution in [1.29, 1.82) is 0 Å². The minimum atomic E-state index is -0.309. The van der Waals surface area contributed by atoms with Gasteiger partial charge in [0.15, 0.2) is 5.16 Å². The smallest absolute Gasteiger partial charge is 0.251 e. The molecule has 7 heteroatoms. The Kier molecular flexibility index (Phi) is 5.71. The maximum Gasteiger partial charge on any atom is 0.251 e. The maximum absolute atomic E-state index is 12.8. The lowest BCUT2D eigenvalue weighted by molar-refractivity contribution is -0.118. The quantitative estimate of drug-likeness (QED) is 0.629. The van der Waals surface area contributed by atoms with Crippen molar-refractivity contribution in [3.63, 3.8) is 0 Å². The minimum absolute atomic E-state index is 0.150. The van der Waals surface area contributed by atoms with Gasteiger partial charge in [-0.2, -0.15) is 0 Å². The number of aromatic nitrogens is 2. The number of aryl methyl sites for hydroxylation is 1. The number of benzene rings is 1. The summed E-state index contributed by atoms with van der Waals surface area (Å²) < 4.78 is 12.8. The van der Waals surface area contributed by atoms with Crippen molar-refractivity contribution in [2.24, 2.45) is 0 Å². The molecule has 2 aromatic rings. The van der Waals surface area contributed by atoms with Crippen molar-refractivity contribution in [1.82, 2.24) is 15.3 Å². The summed E-state index contributed by atoms with van der Waals surface area (Å²) in [5.74, 6) is -0.340. The minimum Gasteiger partial charge on any atom is -0.351 e. The molecule has 0 aliphatic heterocycles. The number of aromatic amines is 1. The van der Waals surface area contributed by atoms with Crippen molar-refractivity contribution >= 4 is 17.7 Å². The van der Waals surface area contributed by atoms with Gasteiger partial charge < -0.3 is 10.3 Å². The van der Waals surface area contributed by atoms with Gasteiger partial charge >= 0.3 is 0 Å². The summed E-state index contributed by atoms with van der Waals surface area (Å²) in [5, 5.41) is 3.16. The second kappa shape index (κ2) is 7.74. The molecule has 0 fully saturated rings. The van der Waals surface area contributed by atoms with Gasteiger partial charge in [0.05, 0.1) is 5.75 Å². The molecule has 0 atom stereocenters. The Bertz CT molecular complexity index is 701. The van der Waals surface area contributed by atoms with Gasteiger partial charge in [0, 0.05) is 18.3 Å². The number of carbonyl (C=O) groups is 1. The zero-order valence-corrected chi connectivity index (χ0v) is 12.9. The van der Waals surface area contributed by atoms with E-state index in [9.17, 15) is 14.0 Å². The first-order valence-corrected chi connectivity index (χ1v) is 7.79. The number of hydrogen-bond acceptors (Lipinski definition) is 4. The third-order valence-corrected chi connectivity index (χ3v) is 3.75. The Hall–Kier alpha value is -2.15. The fraction of sp³-hybridized carbons (Fsp3) is 0.267. The first-order valence-electron chi connectivity index (χ1n) is 6.81. The molecule has 0 unspecified atom stereocenters. The molecule has 0 radical (unpaired) electrons. The van der Waals surface area contributed by atoms with Gasteiger partial charge in [-0.25, -0.2) is 9.37 Å². The number of amides is 1. The van der Waals surface area contributed by atoms with Gasteiger partial charge in [0.2, 0.25) is 5.91 Å². The third kappa shape index (κ3) is 5.00. The van der Waals surface area contributed by atoms with Gasteiger partial charge in [0.1, 0.15) is 5.82 Å². The predicted molar refractivity (Wildman–Crippen MR) is 83.2 cm³/mol. The van der Waals surface area contributed by atoms with Crippen molar-refractivity contribution in [2.75, 3.05) is 5.75 Å². The standard InChI is InChI=1S/C15H16FN3O2S/c1-2-12-7-13(20)19-15(18-12)22-9-14(21)17-8-10-3-5-11(16)6-4-10/h3-7H,2,8-9H2,1H3,(H,17,21)(H,18,19,20). The Morgan fingerprint density at radius 1 is 1.36 bits per heavy atom. The molecule has 116 valence electrons. The number of hydrogen-bond donors (Lipinski definition) is 2. The molecule has 1 amide bonds. The van der Waals surface area contributed by atoms with Crippen LogP contribution in [0.4, 0.5) is 4.39 Å². The van der Waals surface area contributed by atoms with Gasteiger partial charge in [-0.05, 0) is 24.1 Å². The SMILES string of the molecule is CCc1cc(=O)[nH]c(SCC(=O)NCc2ccc(F)cc2)n1. The Morgan fingerprint density at radius 3 is 2.77 bits per heavy atom. The molecule has 1 heterocycles. The molecule has 5 nitrogen and oxygen atoms in total. The summed E-state index contributed by atoms with van der Waals surface area (Å²) >= 11 is 1.17. The monoisotopic (exact) mass is 321 g/mol. The fourth-order valence-corrected chi connectivity index (χ4v) is 2.45. The van der Waals surface area contributed by atoms with E-state index in [0.717, 1.165) is 5.56 Å². The summed E-state index contributed by atoms with van der Waals surface area (Å²) in [6.07, 6.45) is 0.661. The molecular weight excluding hydrogens is 305 g/mol. The van der Waals surface area contributed by atoms with Crippen LogP contribution in [0.15, 0.2) is 40.3 Å². The number of thioether (sulfide) groups is 1. The molecule has 0 saturated carbocycles. The van der Waals surface area contributed by atoms with Crippen molar-refractivity contribution in [2.45, 2.75) is 25.0 Å². The lowest BCUT2D eigenvalue weighted by Crippen LogP contribution is -2.24. The molecule has 2 rings (SSSR count). The number of nitrogens with zero attached hydrogens (tertiary/aromatic N) is 1. The largest absolute Gasteiger partial charge is 0.351 e. The van der Waals surface area contributed by atoms with Gasteiger partial charge in [-0.15, -0.1) is 0 Å². The van der Waals surface area contributed by atoms with Crippen molar-refractivity contribution in [3.8, 4) is 0 Å². The first kappa shape index (κ1) is 16.2. The van der Waals surface area contributed by atoms with Crippen LogP contribution in [0.5, 0.6) is 0 Å². The number of carbonyl (C=O) groups excluding carboxylic acids is 1. The van der Waals surface area contributed by atoms with Crippen LogP contribution >= 0.6 is 11.8 Å². The van der Waals surface area contributed by atoms with Gasteiger partial charge in [-0.1, -0.05) is 30.8 Å². The fourth-order valence-electron chi connectivity index (χ4n) is 1.72. The number of rotatable bonds is 6. The summed E-state index contributed by atoms with van der Waals surface area (Å²) in [4.78, 5) is 30.0. The van der Waals surface area contributed by atoms with E-state index in [1.54, 1.807) is 12.1 Å². The number of H-pyrrole nitrogens is 1. The van der Waals surface area contributed by atoms with Crippen LogP contribution in [0, 0.1) is 5.82 Å². The van der Waals surface area contributed by atoms with Crippen LogP contribution in [-0.4, -0.2) is 21.6 Å². The van der Waals surface area contributed by atoms with Crippen LogP contribution in [0.25, 0.3) is 0 Å². The molecule has 1 aromatic heterocycles. The molecule has 0 bridgehead atoms. The topological polar surface area (TPSA) is 74.8 Å². The lowest BCUT2D eigenvalue weighted by atomic mass is 10.2. The second-order valence-electron chi connectivity index (χ2n) is 4.59. The Morgan fingerprint density at radius 2 is 2.09 bits per heavy atom. The summed E-state index contributed by atoms with van der Waals surface area (Å²) in [6.45, 7) is 2.24. The Labute approximate surface area is 131 Å². The first-order chi connectivity index (χ1) is 10.6. The highest BCUT2D eigenvalue weighted by atomic mass is 32.2. The third-order valence-electron chi connectivity index (χ3n) is 2.88. The molecule has 1 aromatic carbocycles. The van der Waals surface area contributed by atoms with Crippen LogP contribution < -0.4 is 10.9 Å². The molecule has 0 aliphatic carbocycles. The van der Waals surface area contributed by atoms with Crippen LogP contribution in [0.1, 0.15) is 18.2 Å². The van der Waals surface area contributed by atoms with Crippen molar-refractivity contribution in [3.05, 3.63) is 57.8 Å². The second-order valence-corrected chi connectivity index (χ2v) is 5.55. The van der Waals surface area contributed by atoms with E-state index in [-0.39, 0.29) is 23.0 Å². The summed E-state index contributed by atoms with van der Waals surface area (Å²) in [7, 11) is 0. The highest BCUT2D eigenvalue weighted by molar-refractivity contribution is 7.99. The van der Waals surface area contributed by atoms with Crippen LogP contribution in [0.3, 0.4) is 0 Å². The predicted octanol–water partition coefficient (Wildman–Crippen LogP) is 1.88. The molecule has 2 N–H and O–H groups in total. The highest BCUT2D eigenvalue weighted by Gasteiger charge is 2.06. The van der Waals surface area contributed by atoms with Crippen LogP contribution in [0.2, 0.25) is 0 Å². The highest BCUT2D eigenvalue weighted by Crippen LogP contribution is 2.11. The van der Waals surface area contributed by atoms with E-state index in [1.165, 1.54) is 30.0 Å². The van der Waals surface area contributed by atoms with E-state index < -0.39 is 0 Å². The van der Waals surface area contributed by atoms with E-state index in [4.69, 9.17) is 0 Å². The van der Waals surface area contributed by atoms with Gasteiger partial charge in [-0.3, -0.25) is 9.59 Å². The van der Waals surface area contributed by atoms with Gasteiger partial charge in [0.25, 0.3) is 5.56 Å². The normalized spacial score (nSPS) is 10.5. The van der Waals surface area contributed by atoms with E-state index in [1.807, 2.05) is 6.92 Å². The molecule has 0 spiro atoms. The molecule has 22 heavy (non-hydrogen) atoms. The summed E-state index contributed by atoms with van der Waals surface area (Å²) in [6, 6.07) is 7.37. The zero-order chi connectivity index (χ0) is 15.9. The van der Waals surface area contributed by atoms with Crippen LogP contribution in [-0.2, 0) is 17.8 Å². The molecule has 0 saturated heterocycles. The summed E-state index contributed by atoms with van der Waals surface area (Å²) in [5.41, 5.74) is 1.29.